The fourth-order valence-corrected chi connectivity index (χ4v) is 3.08. The van der Waals surface area contributed by atoms with Crippen LogP contribution in [0.2, 0.25) is 0 Å². The van der Waals surface area contributed by atoms with Gasteiger partial charge >= 0.3 is 5.97 Å². The van der Waals surface area contributed by atoms with E-state index < -0.39 is 5.97 Å². The van der Waals surface area contributed by atoms with Gasteiger partial charge in [-0.25, -0.2) is 9.78 Å². The molecule has 7 heteroatoms. The van der Waals surface area contributed by atoms with Crippen molar-refractivity contribution in [2.24, 2.45) is 0 Å². The number of aromatic carboxylic acids is 1. The quantitative estimate of drug-likeness (QED) is 0.906. The average Bonchev–Trinajstić information content (AvgIpc) is 3.20. The Kier molecular flexibility index (Phi) is 4.06. The molecule has 0 unspecified atom stereocenters. The van der Waals surface area contributed by atoms with E-state index in [-0.39, 0.29) is 11.5 Å². The number of nitrogens with zero attached hydrogens (tertiary/aromatic N) is 2. The number of carboxylic acids is 1. The minimum absolute atomic E-state index is 0.117. The Morgan fingerprint density at radius 2 is 2.09 bits per heavy atom. The molecule has 3 heterocycles. The lowest BCUT2D eigenvalue weighted by Gasteiger charge is -2.19. The van der Waals surface area contributed by atoms with E-state index in [9.17, 15) is 14.7 Å². The minimum Gasteiger partial charge on any atom is -0.478 e. The number of amides is 1. The molecule has 1 aliphatic heterocycles. The fraction of sp³-hybridized carbons (Fsp3) is 0.267. The molecule has 0 spiro atoms. The molecule has 2 aromatic rings. The summed E-state index contributed by atoms with van der Waals surface area (Å²) in [6.07, 6.45) is 3.58. The summed E-state index contributed by atoms with van der Waals surface area (Å²) < 4.78 is 0. The summed E-state index contributed by atoms with van der Waals surface area (Å²) in [7, 11) is 0. The highest BCUT2D eigenvalue weighted by molar-refractivity contribution is 7.12. The van der Waals surface area contributed by atoms with Crippen molar-refractivity contribution in [1.82, 2.24) is 4.98 Å². The van der Waals surface area contributed by atoms with Crippen LogP contribution >= 0.6 is 11.3 Å². The van der Waals surface area contributed by atoms with Crippen molar-refractivity contribution >= 4 is 34.7 Å². The van der Waals surface area contributed by atoms with Crippen molar-refractivity contribution in [2.75, 3.05) is 23.3 Å². The van der Waals surface area contributed by atoms with Crippen LogP contribution in [0.1, 0.15) is 32.9 Å². The number of thiophene rings is 1. The molecule has 2 aromatic heterocycles. The summed E-state index contributed by atoms with van der Waals surface area (Å²) in [4.78, 5) is 30.3. The topological polar surface area (TPSA) is 82.5 Å². The fourth-order valence-electron chi connectivity index (χ4n) is 2.46. The lowest BCUT2D eigenvalue weighted by Crippen LogP contribution is -2.22. The number of carboxylic acid groups (broad SMARTS) is 1. The molecule has 3 rings (SSSR count). The molecular formula is C15H15N3O3S. The second-order valence-corrected chi connectivity index (χ2v) is 5.97. The summed E-state index contributed by atoms with van der Waals surface area (Å²) in [6, 6.07) is 4.97. The lowest BCUT2D eigenvalue weighted by atomic mass is 10.2. The molecule has 0 bridgehead atoms. The molecule has 1 aliphatic rings. The number of pyridine rings is 1. The molecular weight excluding hydrogens is 302 g/mol. The van der Waals surface area contributed by atoms with E-state index in [0.717, 1.165) is 25.9 Å². The van der Waals surface area contributed by atoms with Gasteiger partial charge in [0.2, 0.25) is 0 Å². The SMILES string of the molecule is O=C(Nc1cnc(N2CCCC2)c(C(=O)O)c1)c1cccs1. The number of hydrogen-bond donors (Lipinski definition) is 2. The van der Waals surface area contributed by atoms with Gasteiger partial charge in [-0.3, -0.25) is 4.79 Å². The van der Waals surface area contributed by atoms with Gasteiger partial charge in [0.25, 0.3) is 5.91 Å². The number of aromatic nitrogens is 1. The summed E-state index contributed by atoms with van der Waals surface area (Å²) in [5, 5.41) is 13.9. The molecule has 0 saturated carbocycles. The highest BCUT2D eigenvalue weighted by Crippen LogP contribution is 2.25. The van der Waals surface area contributed by atoms with Gasteiger partial charge in [0.05, 0.1) is 16.8 Å². The number of carbonyl (C=O) groups is 2. The molecule has 1 amide bonds. The first-order valence-electron chi connectivity index (χ1n) is 6.98. The van der Waals surface area contributed by atoms with Crippen molar-refractivity contribution in [3.63, 3.8) is 0 Å². The normalized spacial score (nSPS) is 14.1. The first kappa shape index (κ1) is 14.5. The predicted molar refractivity (Wildman–Crippen MR) is 84.9 cm³/mol. The summed E-state index contributed by atoms with van der Waals surface area (Å²) in [6.45, 7) is 1.63. The highest BCUT2D eigenvalue weighted by atomic mass is 32.1. The Morgan fingerprint density at radius 1 is 1.32 bits per heavy atom. The van der Waals surface area contributed by atoms with E-state index in [4.69, 9.17) is 0 Å². The van der Waals surface area contributed by atoms with E-state index >= 15 is 0 Å². The van der Waals surface area contributed by atoms with Crippen LogP contribution in [0.25, 0.3) is 0 Å². The number of carbonyl (C=O) groups excluding carboxylic acids is 1. The summed E-state index contributed by atoms with van der Waals surface area (Å²) in [5.74, 6) is -0.831. The van der Waals surface area contributed by atoms with Gasteiger partial charge in [-0.2, -0.15) is 0 Å². The number of anilines is 2. The van der Waals surface area contributed by atoms with Crippen LogP contribution in [-0.4, -0.2) is 35.1 Å². The highest BCUT2D eigenvalue weighted by Gasteiger charge is 2.21. The molecule has 0 aliphatic carbocycles. The van der Waals surface area contributed by atoms with Crippen LogP contribution in [0, 0.1) is 0 Å². The number of nitrogens with one attached hydrogen (secondary N) is 1. The summed E-state index contributed by atoms with van der Waals surface area (Å²) in [5.41, 5.74) is 0.504. The molecule has 0 radical (unpaired) electrons. The first-order valence-corrected chi connectivity index (χ1v) is 7.86. The van der Waals surface area contributed by atoms with E-state index in [1.54, 1.807) is 12.1 Å². The Labute approximate surface area is 131 Å². The zero-order valence-electron chi connectivity index (χ0n) is 11.8. The standard InChI is InChI=1S/C15H15N3O3S/c19-14(12-4-3-7-22-12)17-10-8-11(15(20)21)13(16-9-10)18-5-1-2-6-18/h3-4,7-9H,1-2,5-6H2,(H,17,19)(H,20,21). The zero-order chi connectivity index (χ0) is 15.5. The Bertz CT molecular complexity index is 694. The monoisotopic (exact) mass is 317 g/mol. The van der Waals surface area contributed by atoms with Crippen LogP contribution in [0.15, 0.2) is 29.8 Å². The second-order valence-electron chi connectivity index (χ2n) is 5.03. The lowest BCUT2D eigenvalue weighted by molar-refractivity contribution is 0.0697. The third kappa shape index (κ3) is 2.94. The van der Waals surface area contributed by atoms with Crippen LogP contribution < -0.4 is 10.2 Å². The predicted octanol–water partition coefficient (Wildman–Crippen LogP) is 2.69. The molecule has 22 heavy (non-hydrogen) atoms. The van der Waals surface area contributed by atoms with Crippen molar-refractivity contribution < 1.29 is 14.7 Å². The number of rotatable bonds is 4. The van der Waals surface area contributed by atoms with Crippen molar-refractivity contribution in [3.8, 4) is 0 Å². The van der Waals surface area contributed by atoms with E-state index in [1.807, 2.05) is 10.3 Å². The molecule has 2 N–H and O–H groups in total. The van der Waals surface area contributed by atoms with Gasteiger partial charge in [0.1, 0.15) is 11.4 Å². The van der Waals surface area contributed by atoms with Gasteiger partial charge in [0.15, 0.2) is 0 Å². The molecule has 0 atom stereocenters. The van der Waals surface area contributed by atoms with Gasteiger partial charge in [-0.15, -0.1) is 11.3 Å². The Morgan fingerprint density at radius 3 is 2.73 bits per heavy atom. The van der Waals surface area contributed by atoms with Crippen molar-refractivity contribution in [2.45, 2.75) is 12.8 Å². The van der Waals surface area contributed by atoms with Gasteiger partial charge in [-0.1, -0.05) is 6.07 Å². The third-order valence-corrected chi connectivity index (χ3v) is 4.37. The van der Waals surface area contributed by atoms with Crippen molar-refractivity contribution in [1.29, 1.82) is 0 Å². The molecule has 1 fully saturated rings. The van der Waals surface area contributed by atoms with Crippen LogP contribution in [0.5, 0.6) is 0 Å². The molecule has 6 nitrogen and oxygen atoms in total. The third-order valence-electron chi connectivity index (χ3n) is 3.51. The molecule has 1 saturated heterocycles. The molecule has 114 valence electrons. The van der Waals surface area contributed by atoms with Gasteiger partial charge < -0.3 is 15.3 Å². The zero-order valence-corrected chi connectivity index (χ0v) is 12.6. The maximum absolute atomic E-state index is 12.0. The maximum atomic E-state index is 12.0. The van der Waals surface area contributed by atoms with Crippen LogP contribution in [-0.2, 0) is 0 Å². The first-order chi connectivity index (χ1) is 10.6. The Hall–Kier alpha value is -2.41. The van der Waals surface area contributed by atoms with E-state index in [1.165, 1.54) is 23.6 Å². The van der Waals surface area contributed by atoms with Gasteiger partial charge in [0, 0.05) is 13.1 Å². The van der Waals surface area contributed by atoms with E-state index in [0.29, 0.717) is 16.4 Å². The van der Waals surface area contributed by atoms with Crippen LogP contribution in [0.3, 0.4) is 0 Å². The van der Waals surface area contributed by atoms with Crippen molar-refractivity contribution in [3.05, 3.63) is 40.2 Å². The number of hydrogen-bond acceptors (Lipinski definition) is 5. The summed E-state index contributed by atoms with van der Waals surface area (Å²) >= 11 is 1.33. The second kappa shape index (κ2) is 6.15. The van der Waals surface area contributed by atoms with Crippen LogP contribution in [0.4, 0.5) is 11.5 Å². The molecule has 0 aromatic carbocycles. The average molecular weight is 317 g/mol. The largest absolute Gasteiger partial charge is 0.478 e. The van der Waals surface area contributed by atoms with E-state index in [2.05, 4.69) is 10.3 Å². The maximum Gasteiger partial charge on any atom is 0.339 e. The Balaban J connectivity index is 1.85. The minimum atomic E-state index is -1.04. The smallest absolute Gasteiger partial charge is 0.339 e. The van der Waals surface area contributed by atoms with Gasteiger partial charge in [-0.05, 0) is 30.4 Å².